The molecule has 1 heterocycles. The van der Waals surface area contributed by atoms with Crippen molar-refractivity contribution in [3.8, 4) is 0 Å². The summed E-state index contributed by atoms with van der Waals surface area (Å²) in [6.07, 6.45) is 1.49. The number of carbonyl (C=O) groups is 1. The van der Waals surface area contributed by atoms with Crippen LogP contribution in [-0.4, -0.2) is 17.6 Å². The Balaban J connectivity index is 2.17. The first kappa shape index (κ1) is 15.1. The molecule has 21 heavy (non-hydrogen) atoms. The van der Waals surface area contributed by atoms with E-state index in [1.54, 1.807) is 19.1 Å². The van der Waals surface area contributed by atoms with Gasteiger partial charge in [0.05, 0.1) is 18.5 Å². The van der Waals surface area contributed by atoms with Crippen molar-refractivity contribution in [2.45, 2.75) is 13.5 Å². The lowest BCUT2D eigenvalue weighted by Crippen LogP contribution is -2.12. The van der Waals surface area contributed by atoms with Crippen LogP contribution in [0.15, 0.2) is 36.5 Å². The van der Waals surface area contributed by atoms with E-state index in [1.165, 1.54) is 6.20 Å². The molecule has 0 aliphatic rings. The molecule has 2 rings (SSSR count). The number of pyridine rings is 1. The number of hydrogen-bond acceptors (Lipinski definition) is 5. The highest BCUT2D eigenvalue weighted by molar-refractivity contribution is 6.30. The van der Waals surface area contributed by atoms with Crippen LogP contribution >= 0.6 is 11.6 Å². The zero-order valence-electron chi connectivity index (χ0n) is 11.6. The number of rotatable bonds is 5. The molecule has 0 amide bonds. The summed E-state index contributed by atoms with van der Waals surface area (Å²) in [7, 11) is 0. The molecule has 1 aromatic carbocycles. The Bertz CT molecular complexity index is 647. The molecule has 3 N–H and O–H groups in total. The minimum absolute atomic E-state index is 0.293. The predicted molar refractivity (Wildman–Crippen MR) is 83.4 cm³/mol. The lowest BCUT2D eigenvalue weighted by atomic mass is 10.2. The molecular formula is C15H16ClN3O2. The molecule has 2 aromatic rings. The molecule has 0 spiro atoms. The van der Waals surface area contributed by atoms with Gasteiger partial charge in [0, 0.05) is 11.6 Å². The average Bonchev–Trinajstić information content (AvgIpc) is 2.46. The number of aromatic nitrogens is 1. The van der Waals surface area contributed by atoms with Crippen molar-refractivity contribution in [1.82, 2.24) is 4.98 Å². The third-order valence-corrected chi connectivity index (χ3v) is 2.99. The third kappa shape index (κ3) is 4.10. The summed E-state index contributed by atoms with van der Waals surface area (Å²) < 4.78 is 5.00. The number of carbonyl (C=O) groups excluding carboxylic acids is 1. The van der Waals surface area contributed by atoms with Gasteiger partial charge in [-0.05, 0) is 30.7 Å². The van der Waals surface area contributed by atoms with E-state index < -0.39 is 5.97 Å². The molecule has 6 heteroatoms. The first-order chi connectivity index (χ1) is 10.1. The normalized spacial score (nSPS) is 10.2. The molecular weight excluding hydrogens is 290 g/mol. The number of nitrogens with zero attached hydrogens (tertiary/aromatic N) is 1. The van der Waals surface area contributed by atoms with Gasteiger partial charge in [0.1, 0.15) is 11.4 Å². The van der Waals surface area contributed by atoms with Crippen LogP contribution < -0.4 is 11.1 Å². The number of halogens is 1. The Morgan fingerprint density at radius 2 is 2.24 bits per heavy atom. The van der Waals surface area contributed by atoms with E-state index in [0.717, 1.165) is 5.56 Å². The molecule has 0 unspecified atom stereocenters. The largest absolute Gasteiger partial charge is 0.462 e. The summed E-state index contributed by atoms with van der Waals surface area (Å²) in [6.45, 7) is 2.53. The third-order valence-electron chi connectivity index (χ3n) is 2.75. The minimum atomic E-state index is -0.453. The van der Waals surface area contributed by atoms with Crippen LogP contribution in [0.5, 0.6) is 0 Å². The Labute approximate surface area is 128 Å². The van der Waals surface area contributed by atoms with Gasteiger partial charge < -0.3 is 15.8 Å². The summed E-state index contributed by atoms with van der Waals surface area (Å²) >= 11 is 5.94. The summed E-state index contributed by atoms with van der Waals surface area (Å²) in [5.41, 5.74) is 7.38. The number of hydrogen-bond donors (Lipinski definition) is 2. The van der Waals surface area contributed by atoms with E-state index in [-0.39, 0.29) is 0 Å². The van der Waals surface area contributed by atoms with Crippen LogP contribution in [0.3, 0.4) is 0 Å². The van der Waals surface area contributed by atoms with Gasteiger partial charge in [0.25, 0.3) is 0 Å². The molecule has 0 aliphatic carbocycles. The Morgan fingerprint density at radius 3 is 2.95 bits per heavy atom. The van der Waals surface area contributed by atoms with Crippen molar-refractivity contribution in [2.75, 3.05) is 17.7 Å². The molecule has 0 fully saturated rings. The number of benzene rings is 1. The topological polar surface area (TPSA) is 77.2 Å². The van der Waals surface area contributed by atoms with Crippen molar-refractivity contribution < 1.29 is 9.53 Å². The van der Waals surface area contributed by atoms with Gasteiger partial charge in [-0.25, -0.2) is 9.78 Å². The number of esters is 1. The number of nitrogen functional groups attached to an aromatic ring is 1. The molecule has 110 valence electrons. The van der Waals surface area contributed by atoms with Crippen molar-refractivity contribution in [3.05, 3.63) is 52.7 Å². The molecule has 0 aliphatic heterocycles. The number of anilines is 2. The van der Waals surface area contributed by atoms with Crippen LogP contribution in [0.2, 0.25) is 5.02 Å². The van der Waals surface area contributed by atoms with Crippen LogP contribution in [0, 0.1) is 0 Å². The molecule has 0 saturated heterocycles. The Hall–Kier alpha value is -2.27. The van der Waals surface area contributed by atoms with Gasteiger partial charge in [-0.3, -0.25) is 0 Å². The summed E-state index contributed by atoms with van der Waals surface area (Å²) in [4.78, 5) is 16.1. The molecule has 1 aromatic heterocycles. The summed E-state index contributed by atoms with van der Waals surface area (Å²) in [5.74, 6) is -0.0199. The monoisotopic (exact) mass is 305 g/mol. The fourth-order valence-electron chi connectivity index (χ4n) is 1.82. The second-order valence-corrected chi connectivity index (χ2v) is 4.81. The van der Waals surface area contributed by atoms with E-state index in [2.05, 4.69) is 10.3 Å². The van der Waals surface area contributed by atoms with Crippen LogP contribution in [0.1, 0.15) is 22.8 Å². The van der Waals surface area contributed by atoms with Gasteiger partial charge >= 0.3 is 5.97 Å². The molecule has 0 saturated carbocycles. The lowest BCUT2D eigenvalue weighted by molar-refractivity contribution is 0.0527. The van der Waals surface area contributed by atoms with Crippen molar-refractivity contribution >= 4 is 29.1 Å². The molecule has 0 atom stereocenters. The van der Waals surface area contributed by atoms with Crippen LogP contribution in [0.4, 0.5) is 11.5 Å². The maximum Gasteiger partial charge on any atom is 0.341 e. The Kier molecular flexibility index (Phi) is 5.00. The van der Waals surface area contributed by atoms with Gasteiger partial charge in [-0.2, -0.15) is 0 Å². The number of nitrogens with two attached hydrogens (primary N) is 1. The second-order valence-electron chi connectivity index (χ2n) is 4.37. The highest BCUT2D eigenvalue weighted by Gasteiger charge is 2.14. The SMILES string of the molecule is CCOC(=O)c1cc(N)cnc1NCc1cccc(Cl)c1. The molecule has 5 nitrogen and oxygen atoms in total. The number of ether oxygens (including phenoxy) is 1. The average molecular weight is 306 g/mol. The van der Waals surface area contributed by atoms with Gasteiger partial charge in [-0.1, -0.05) is 23.7 Å². The van der Waals surface area contributed by atoms with Crippen molar-refractivity contribution in [3.63, 3.8) is 0 Å². The quantitative estimate of drug-likeness (QED) is 0.830. The van der Waals surface area contributed by atoms with E-state index in [1.807, 2.05) is 18.2 Å². The lowest BCUT2D eigenvalue weighted by Gasteiger charge is -2.11. The summed E-state index contributed by atoms with van der Waals surface area (Å²) in [6, 6.07) is 8.99. The number of nitrogens with one attached hydrogen (secondary N) is 1. The van der Waals surface area contributed by atoms with Gasteiger partial charge in [0.15, 0.2) is 0 Å². The molecule has 0 radical (unpaired) electrons. The zero-order valence-corrected chi connectivity index (χ0v) is 12.4. The van der Waals surface area contributed by atoms with Crippen LogP contribution in [0.25, 0.3) is 0 Å². The van der Waals surface area contributed by atoms with E-state index >= 15 is 0 Å². The smallest absolute Gasteiger partial charge is 0.341 e. The van der Waals surface area contributed by atoms with Crippen molar-refractivity contribution in [2.24, 2.45) is 0 Å². The van der Waals surface area contributed by atoms with Crippen molar-refractivity contribution in [1.29, 1.82) is 0 Å². The van der Waals surface area contributed by atoms with Crippen LogP contribution in [-0.2, 0) is 11.3 Å². The summed E-state index contributed by atoms with van der Waals surface area (Å²) in [5, 5.41) is 3.75. The fraction of sp³-hybridized carbons (Fsp3) is 0.200. The molecule has 0 bridgehead atoms. The van der Waals surface area contributed by atoms with E-state index in [9.17, 15) is 4.79 Å². The highest BCUT2D eigenvalue weighted by Crippen LogP contribution is 2.18. The highest BCUT2D eigenvalue weighted by atomic mass is 35.5. The maximum absolute atomic E-state index is 11.9. The van der Waals surface area contributed by atoms with E-state index in [4.69, 9.17) is 22.1 Å². The zero-order chi connectivity index (χ0) is 15.2. The Morgan fingerprint density at radius 1 is 1.43 bits per heavy atom. The fourth-order valence-corrected chi connectivity index (χ4v) is 2.03. The van der Waals surface area contributed by atoms with Gasteiger partial charge in [-0.15, -0.1) is 0 Å². The predicted octanol–water partition coefficient (Wildman–Crippen LogP) is 3.11. The minimum Gasteiger partial charge on any atom is -0.462 e. The van der Waals surface area contributed by atoms with E-state index in [0.29, 0.717) is 35.2 Å². The van der Waals surface area contributed by atoms with Gasteiger partial charge in [0.2, 0.25) is 0 Å². The maximum atomic E-state index is 11.9. The first-order valence-electron chi connectivity index (χ1n) is 6.51. The second kappa shape index (κ2) is 6.95. The first-order valence-corrected chi connectivity index (χ1v) is 6.89. The standard InChI is InChI=1S/C15H16ClN3O2/c1-2-21-15(20)13-7-12(17)9-19-14(13)18-8-10-4-3-5-11(16)6-10/h3-7,9H,2,8,17H2,1H3,(H,18,19).